The number of esters is 2. The molecule has 2 bridgehead atoms. The molecule has 148 valence electrons. The zero-order valence-electron chi connectivity index (χ0n) is 16.9. The number of fused-ring (bicyclic) bond motifs is 1. The van der Waals surface area contributed by atoms with Crippen LogP contribution in [0.15, 0.2) is 34.9 Å². The number of hydrogen-bond donors (Lipinski definition) is 0. The highest BCUT2D eigenvalue weighted by Gasteiger charge is 2.40. The molecule has 1 aliphatic heterocycles. The molecule has 0 unspecified atom stereocenters. The minimum absolute atomic E-state index is 0.00277. The van der Waals surface area contributed by atoms with E-state index in [1.807, 2.05) is 33.8 Å². The minimum Gasteiger partial charge on any atom is -0.462 e. The molecule has 0 saturated carbocycles. The fraction of sp³-hybridized carbons (Fsp3) is 0.591. The van der Waals surface area contributed by atoms with E-state index in [-0.39, 0.29) is 30.0 Å². The molecule has 3 atom stereocenters. The first kappa shape index (κ1) is 21.1. The number of Topliss-reactive ketones (excluding diaryl/α,β-unsaturated/α-hetero) is 1. The first-order valence-electron chi connectivity index (χ1n) is 9.59. The van der Waals surface area contributed by atoms with Crippen LogP contribution in [-0.4, -0.2) is 29.9 Å². The third-order valence-electron chi connectivity index (χ3n) is 5.09. The van der Waals surface area contributed by atoms with Gasteiger partial charge >= 0.3 is 11.9 Å². The number of carbonyl (C=O) groups excluding carboxylic acids is 3. The normalized spacial score (nSPS) is 31.2. The lowest BCUT2D eigenvalue weighted by Gasteiger charge is -2.33. The Morgan fingerprint density at radius 1 is 1.15 bits per heavy atom. The van der Waals surface area contributed by atoms with Crippen molar-refractivity contribution in [2.75, 3.05) is 0 Å². The highest BCUT2D eigenvalue weighted by molar-refractivity contribution is 5.98. The van der Waals surface area contributed by atoms with Gasteiger partial charge in [0.25, 0.3) is 0 Å². The van der Waals surface area contributed by atoms with Crippen molar-refractivity contribution in [2.24, 2.45) is 11.8 Å². The van der Waals surface area contributed by atoms with Gasteiger partial charge in [0.05, 0.1) is 0 Å². The van der Waals surface area contributed by atoms with Gasteiger partial charge in [-0.3, -0.25) is 9.59 Å². The Balaban J connectivity index is 2.43. The molecule has 2 rings (SSSR count). The maximum absolute atomic E-state index is 12.3. The van der Waals surface area contributed by atoms with Crippen molar-refractivity contribution in [3.8, 4) is 0 Å². The average molecular weight is 374 g/mol. The van der Waals surface area contributed by atoms with Crippen molar-refractivity contribution < 1.29 is 23.9 Å². The van der Waals surface area contributed by atoms with E-state index in [9.17, 15) is 14.4 Å². The van der Waals surface area contributed by atoms with E-state index in [0.717, 1.165) is 17.6 Å². The molecular weight excluding hydrogens is 344 g/mol. The van der Waals surface area contributed by atoms with Crippen LogP contribution >= 0.6 is 0 Å². The summed E-state index contributed by atoms with van der Waals surface area (Å²) in [4.78, 5) is 36.3. The number of allylic oxidation sites excluding steroid dienone is 3. The first-order chi connectivity index (χ1) is 12.7. The predicted molar refractivity (Wildman–Crippen MR) is 103 cm³/mol. The molecule has 5 nitrogen and oxygen atoms in total. The van der Waals surface area contributed by atoms with Crippen molar-refractivity contribution in [1.29, 1.82) is 0 Å². The van der Waals surface area contributed by atoms with Crippen molar-refractivity contribution in [3.05, 3.63) is 34.9 Å². The van der Waals surface area contributed by atoms with Gasteiger partial charge in [0, 0.05) is 37.7 Å². The Morgan fingerprint density at radius 3 is 2.44 bits per heavy atom. The average Bonchev–Trinajstić information content (AvgIpc) is 2.85. The molecule has 5 heteroatoms. The van der Waals surface area contributed by atoms with Crippen LogP contribution in [0.2, 0.25) is 0 Å². The summed E-state index contributed by atoms with van der Waals surface area (Å²) >= 11 is 0. The van der Waals surface area contributed by atoms with Gasteiger partial charge in [-0.2, -0.15) is 0 Å². The second-order valence-electron chi connectivity index (χ2n) is 7.96. The summed E-state index contributed by atoms with van der Waals surface area (Å²) in [6, 6.07) is 0. The standard InChI is InChI=1S/C22H30O5/c1-13(2)21-19(26-16(5)23)10-15(4)8-6-7-14(3)9-18(24)11-17-12-20(21)27-22(17)25/h7-8,12-13,19-21H,6,9-11H2,1-5H3/b14-7-,15-8-/t19-,20-,21-/m1/s1. The van der Waals surface area contributed by atoms with E-state index in [4.69, 9.17) is 9.47 Å². The second-order valence-corrected chi connectivity index (χ2v) is 7.96. The largest absolute Gasteiger partial charge is 0.462 e. The van der Waals surface area contributed by atoms with Crippen LogP contribution in [0.1, 0.15) is 60.3 Å². The molecule has 0 aromatic rings. The van der Waals surface area contributed by atoms with Crippen molar-refractivity contribution in [3.63, 3.8) is 0 Å². The van der Waals surface area contributed by atoms with Gasteiger partial charge in [0.1, 0.15) is 18.0 Å². The van der Waals surface area contributed by atoms with E-state index in [2.05, 4.69) is 6.08 Å². The highest BCUT2D eigenvalue weighted by atomic mass is 16.6. The van der Waals surface area contributed by atoms with Crippen LogP contribution in [-0.2, 0) is 23.9 Å². The number of rotatable bonds is 2. The molecule has 0 N–H and O–H groups in total. The van der Waals surface area contributed by atoms with Gasteiger partial charge in [0.2, 0.25) is 0 Å². The lowest BCUT2D eigenvalue weighted by molar-refractivity contribution is -0.156. The number of ketones is 1. The Hall–Kier alpha value is -2.17. The SMILES string of the molecule is CC(=O)O[C@@H]1C/C(C)=C\C/C=C(/C)CC(=O)CC2=C[C@@H](OC2=O)[C@@H]1C(C)C. The van der Waals surface area contributed by atoms with Crippen LogP contribution in [0.3, 0.4) is 0 Å². The van der Waals surface area contributed by atoms with Crippen LogP contribution < -0.4 is 0 Å². The monoisotopic (exact) mass is 374 g/mol. The fourth-order valence-corrected chi connectivity index (χ4v) is 3.83. The van der Waals surface area contributed by atoms with Crippen LogP contribution in [0.25, 0.3) is 0 Å². The lowest BCUT2D eigenvalue weighted by Crippen LogP contribution is -2.38. The van der Waals surface area contributed by atoms with Gasteiger partial charge in [-0.1, -0.05) is 37.1 Å². The smallest absolute Gasteiger partial charge is 0.334 e. The van der Waals surface area contributed by atoms with E-state index in [0.29, 0.717) is 18.4 Å². The molecule has 1 aliphatic carbocycles. The van der Waals surface area contributed by atoms with Crippen molar-refractivity contribution >= 4 is 17.7 Å². The van der Waals surface area contributed by atoms with Gasteiger partial charge in [-0.05, 0) is 32.3 Å². The predicted octanol–water partition coefficient (Wildman–Crippen LogP) is 4.08. The molecule has 0 aromatic carbocycles. The third kappa shape index (κ3) is 5.91. The van der Waals surface area contributed by atoms with E-state index in [1.165, 1.54) is 6.92 Å². The number of hydrogen-bond acceptors (Lipinski definition) is 5. The zero-order chi connectivity index (χ0) is 20.1. The molecule has 0 fully saturated rings. The highest BCUT2D eigenvalue weighted by Crippen LogP contribution is 2.34. The first-order valence-corrected chi connectivity index (χ1v) is 9.59. The summed E-state index contributed by atoms with van der Waals surface area (Å²) in [5.74, 6) is -0.832. The molecular formula is C22H30O5. The van der Waals surface area contributed by atoms with Crippen molar-refractivity contribution in [2.45, 2.75) is 72.5 Å². The fourth-order valence-electron chi connectivity index (χ4n) is 3.83. The van der Waals surface area contributed by atoms with E-state index >= 15 is 0 Å². The topological polar surface area (TPSA) is 69.7 Å². The minimum atomic E-state index is -0.489. The maximum Gasteiger partial charge on any atom is 0.334 e. The Bertz CT molecular complexity index is 695. The van der Waals surface area contributed by atoms with Crippen LogP contribution in [0.5, 0.6) is 0 Å². The quantitative estimate of drug-likeness (QED) is 0.538. The maximum atomic E-state index is 12.3. The molecule has 0 aromatic heterocycles. The Labute approximate surface area is 161 Å². The summed E-state index contributed by atoms with van der Waals surface area (Å²) in [6.07, 6.45) is 6.73. The molecule has 0 radical (unpaired) electrons. The molecule has 27 heavy (non-hydrogen) atoms. The van der Waals surface area contributed by atoms with Crippen LogP contribution in [0.4, 0.5) is 0 Å². The number of ether oxygens (including phenoxy) is 2. The number of carbonyl (C=O) groups is 3. The zero-order valence-corrected chi connectivity index (χ0v) is 16.9. The van der Waals surface area contributed by atoms with Gasteiger partial charge < -0.3 is 9.47 Å². The molecule has 0 amide bonds. The van der Waals surface area contributed by atoms with Crippen molar-refractivity contribution in [1.82, 2.24) is 0 Å². The van der Waals surface area contributed by atoms with E-state index < -0.39 is 18.2 Å². The third-order valence-corrected chi connectivity index (χ3v) is 5.09. The second kappa shape index (κ2) is 9.16. The van der Waals surface area contributed by atoms with Gasteiger partial charge in [-0.25, -0.2) is 4.79 Å². The summed E-state index contributed by atoms with van der Waals surface area (Å²) in [5.41, 5.74) is 2.50. The summed E-state index contributed by atoms with van der Waals surface area (Å²) in [7, 11) is 0. The lowest BCUT2D eigenvalue weighted by atomic mass is 9.82. The molecule has 0 saturated heterocycles. The Kier molecular flexibility index (Phi) is 7.17. The van der Waals surface area contributed by atoms with Gasteiger partial charge in [-0.15, -0.1) is 0 Å². The molecule has 1 heterocycles. The Morgan fingerprint density at radius 2 is 1.81 bits per heavy atom. The molecule has 2 aliphatic rings. The van der Waals surface area contributed by atoms with Gasteiger partial charge in [0.15, 0.2) is 0 Å². The molecule has 0 spiro atoms. The van der Waals surface area contributed by atoms with E-state index in [1.54, 1.807) is 6.08 Å². The summed E-state index contributed by atoms with van der Waals surface area (Å²) < 4.78 is 11.2. The summed E-state index contributed by atoms with van der Waals surface area (Å²) in [6.45, 7) is 9.39. The summed E-state index contributed by atoms with van der Waals surface area (Å²) in [5, 5.41) is 0. The van der Waals surface area contributed by atoms with Crippen LogP contribution in [0, 0.1) is 11.8 Å².